The first-order chi connectivity index (χ1) is 21.4. The van der Waals surface area contributed by atoms with Crippen molar-refractivity contribution in [3.63, 3.8) is 0 Å². The van der Waals surface area contributed by atoms with Gasteiger partial charge >= 0.3 is 5.97 Å². The van der Waals surface area contributed by atoms with Crippen molar-refractivity contribution in [2.45, 2.75) is 33.2 Å². The zero-order valence-electron chi connectivity index (χ0n) is 24.2. The van der Waals surface area contributed by atoms with Crippen LogP contribution in [0.2, 0.25) is 0 Å². The van der Waals surface area contributed by atoms with Gasteiger partial charge in [-0.15, -0.1) is 0 Å². The third kappa shape index (κ3) is 6.09. The second-order valence-electron chi connectivity index (χ2n) is 10.6. The van der Waals surface area contributed by atoms with E-state index in [9.17, 15) is 14.3 Å². The Morgan fingerprint density at radius 3 is 2.66 bits per heavy atom. The van der Waals surface area contributed by atoms with E-state index >= 15 is 0 Å². The Kier molecular flexibility index (Phi) is 8.21. The highest BCUT2D eigenvalue weighted by molar-refractivity contribution is 5.92. The first-order valence-corrected chi connectivity index (χ1v) is 14.4. The summed E-state index contributed by atoms with van der Waals surface area (Å²) in [6, 6.07) is 16.8. The van der Waals surface area contributed by atoms with Crippen molar-refractivity contribution in [2.24, 2.45) is 0 Å². The molecule has 11 nitrogen and oxygen atoms in total. The number of nitriles is 1. The van der Waals surface area contributed by atoms with Gasteiger partial charge in [-0.2, -0.15) is 10.2 Å². The van der Waals surface area contributed by atoms with E-state index in [0.29, 0.717) is 24.5 Å². The molecule has 1 N–H and O–H groups in total. The first kappa shape index (κ1) is 28.8. The number of hydrogen-bond acceptors (Lipinski definition) is 8. The highest BCUT2D eigenvalue weighted by Gasteiger charge is 2.22. The quantitative estimate of drug-likeness (QED) is 0.252. The second kappa shape index (κ2) is 12.5. The Bertz CT molecular complexity index is 1850. The number of carboxylic acids is 1. The van der Waals surface area contributed by atoms with Crippen LogP contribution in [0.15, 0.2) is 67.1 Å². The lowest BCUT2D eigenvalue weighted by molar-refractivity contribution is 0.0697. The van der Waals surface area contributed by atoms with E-state index in [-0.39, 0.29) is 17.7 Å². The van der Waals surface area contributed by atoms with E-state index in [4.69, 9.17) is 15.0 Å². The molecule has 2 aromatic carbocycles. The van der Waals surface area contributed by atoms with Crippen molar-refractivity contribution >= 4 is 22.8 Å². The number of carbonyl (C=O) groups is 1. The van der Waals surface area contributed by atoms with Crippen molar-refractivity contribution in [2.75, 3.05) is 31.1 Å². The van der Waals surface area contributed by atoms with Crippen molar-refractivity contribution in [3.8, 4) is 11.9 Å². The number of anilines is 1. The van der Waals surface area contributed by atoms with Crippen LogP contribution in [0.5, 0.6) is 5.88 Å². The lowest BCUT2D eigenvalue weighted by atomic mass is 10.1. The summed E-state index contributed by atoms with van der Waals surface area (Å²) in [4.78, 5) is 30.1. The number of nitrogens with zero attached hydrogens (tertiary/aromatic N) is 8. The number of hydrogen-bond donors (Lipinski definition) is 1. The van der Waals surface area contributed by atoms with Gasteiger partial charge in [0.05, 0.1) is 53.3 Å². The van der Waals surface area contributed by atoms with Crippen LogP contribution >= 0.6 is 0 Å². The van der Waals surface area contributed by atoms with Gasteiger partial charge in [-0.3, -0.25) is 4.90 Å². The van der Waals surface area contributed by atoms with Gasteiger partial charge in [0.1, 0.15) is 24.1 Å². The van der Waals surface area contributed by atoms with Gasteiger partial charge in [0.25, 0.3) is 0 Å². The molecule has 0 spiro atoms. The van der Waals surface area contributed by atoms with E-state index in [1.807, 2.05) is 24.4 Å². The summed E-state index contributed by atoms with van der Waals surface area (Å²) in [5, 5.41) is 18.5. The van der Waals surface area contributed by atoms with E-state index < -0.39 is 11.8 Å². The van der Waals surface area contributed by atoms with Crippen LogP contribution in [0, 0.1) is 17.1 Å². The Morgan fingerprint density at radius 2 is 1.91 bits per heavy atom. The average molecular weight is 595 g/mol. The van der Waals surface area contributed by atoms with Gasteiger partial charge in [0.2, 0.25) is 5.88 Å². The molecule has 44 heavy (non-hydrogen) atoms. The largest absolute Gasteiger partial charge is 0.478 e. The highest BCUT2D eigenvalue weighted by atomic mass is 19.1. The molecular formula is C32H31FN8O3. The molecule has 0 amide bonds. The summed E-state index contributed by atoms with van der Waals surface area (Å²) < 4.78 is 24.2. The fourth-order valence-electron chi connectivity index (χ4n) is 5.41. The number of carboxylic acid groups (broad SMARTS) is 1. The molecule has 1 fully saturated rings. The number of piperazine rings is 1. The Labute approximate surface area is 253 Å². The number of halogens is 1. The molecule has 0 bridgehead atoms. The molecule has 6 rings (SSSR count). The first-order valence-electron chi connectivity index (χ1n) is 14.4. The van der Waals surface area contributed by atoms with Crippen LogP contribution in [-0.4, -0.2) is 66.2 Å². The maximum atomic E-state index is 14.3. The molecule has 1 aliphatic rings. The van der Waals surface area contributed by atoms with Crippen molar-refractivity contribution < 1.29 is 19.0 Å². The third-order valence-electron chi connectivity index (χ3n) is 7.86. The zero-order chi connectivity index (χ0) is 30.6. The van der Waals surface area contributed by atoms with Gasteiger partial charge in [0.15, 0.2) is 0 Å². The minimum absolute atomic E-state index is 0.00970. The van der Waals surface area contributed by atoms with Gasteiger partial charge < -0.3 is 23.9 Å². The summed E-state index contributed by atoms with van der Waals surface area (Å²) in [7, 11) is 0. The summed E-state index contributed by atoms with van der Waals surface area (Å²) in [5.74, 6) is 0.588. The molecule has 12 heteroatoms. The molecule has 224 valence electrons. The lowest BCUT2D eigenvalue weighted by Crippen LogP contribution is -2.46. The van der Waals surface area contributed by atoms with Gasteiger partial charge in [-0.1, -0.05) is 12.1 Å². The fraction of sp³-hybridized carbons (Fsp3) is 0.281. The van der Waals surface area contributed by atoms with Crippen molar-refractivity contribution in [3.05, 3.63) is 101 Å². The van der Waals surface area contributed by atoms with Crippen molar-refractivity contribution in [1.82, 2.24) is 29.0 Å². The van der Waals surface area contributed by atoms with Crippen LogP contribution in [0.4, 0.5) is 10.2 Å². The molecular weight excluding hydrogens is 563 g/mol. The summed E-state index contributed by atoms with van der Waals surface area (Å²) in [6.07, 6.45) is 3.64. The summed E-state index contributed by atoms with van der Waals surface area (Å²) in [6.45, 7) is 7.04. The van der Waals surface area contributed by atoms with Crippen LogP contribution in [0.3, 0.4) is 0 Å². The molecule has 1 saturated heterocycles. The average Bonchev–Trinajstić information content (AvgIpc) is 3.64. The molecule has 0 aliphatic carbocycles. The van der Waals surface area contributed by atoms with Crippen LogP contribution in [0.1, 0.15) is 39.9 Å². The molecule has 0 atom stereocenters. The number of rotatable bonds is 10. The molecule has 3 aromatic heterocycles. The topological polar surface area (TPSA) is 125 Å². The number of fused-ring (bicyclic) bond motifs is 1. The second-order valence-corrected chi connectivity index (χ2v) is 10.6. The molecule has 5 aromatic rings. The minimum atomic E-state index is -0.972. The zero-order valence-corrected chi connectivity index (χ0v) is 24.2. The predicted molar refractivity (Wildman–Crippen MR) is 161 cm³/mol. The lowest BCUT2D eigenvalue weighted by Gasteiger charge is -2.35. The number of aromatic nitrogens is 5. The van der Waals surface area contributed by atoms with Gasteiger partial charge in [0, 0.05) is 50.6 Å². The van der Waals surface area contributed by atoms with Crippen LogP contribution in [-0.2, 0) is 26.2 Å². The monoisotopic (exact) mass is 594 g/mol. The van der Waals surface area contributed by atoms with E-state index in [1.165, 1.54) is 6.07 Å². The number of imidazole rings is 2. The number of pyridine rings is 1. The van der Waals surface area contributed by atoms with Crippen LogP contribution < -0.4 is 9.64 Å². The molecule has 0 saturated carbocycles. The van der Waals surface area contributed by atoms with Gasteiger partial charge in [-0.05, 0) is 43.3 Å². The van der Waals surface area contributed by atoms with Gasteiger partial charge in [-0.25, -0.2) is 19.2 Å². The maximum absolute atomic E-state index is 14.3. The molecule has 0 radical (unpaired) electrons. The van der Waals surface area contributed by atoms with Crippen molar-refractivity contribution in [1.29, 1.82) is 5.26 Å². The standard InChI is InChI=1S/C32H31FN8O3/c1-2-39-21-35-17-25(39)18-41-28-15-23(32(42)43)8-9-27(28)36-30(41)19-38-10-12-40(13-11-38)29-4-3-5-31(37-29)44-20-24-7-6-22(16-34)14-26(24)33/h3-9,14-15,17,21H,2,10-13,18-20H2,1H3,(H,42,43). The molecule has 1 aliphatic heterocycles. The summed E-state index contributed by atoms with van der Waals surface area (Å²) in [5.41, 5.74) is 3.41. The van der Waals surface area contributed by atoms with E-state index in [0.717, 1.165) is 61.1 Å². The Hall–Kier alpha value is -5.28. The Morgan fingerprint density at radius 1 is 1.07 bits per heavy atom. The maximum Gasteiger partial charge on any atom is 0.335 e. The smallest absolute Gasteiger partial charge is 0.335 e. The SMILES string of the molecule is CCn1cncc1Cn1c(CN2CCN(c3cccc(OCc4ccc(C#N)cc4F)n3)CC2)nc2ccc(C(=O)O)cc21. The Balaban J connectivity index is 1.14. The van der Waals surface area contributed by atoms with E-state index in [2.05, 4.69) is 35.8 Å². The number of ether oxygens (including phenoxy) is 1. The normalized spacial score (nSPS) is 13.7. The third-order valence-corrected chi connectivity index (χ3v) is 7.86. The minimum Gasteiger partial charge on any atom is -0.478 e. The van der Waals surface area contributed by atoms with Crippen LogP contribution in [0.25, 0.3) is 11.0 Å². The number of benzene rings is 2. The van der Waals surface area contributed by atoms with E-state index in [1.54, 1.807) is 42.7 Å². The molecule has 0 unspecified atom stereocenters. The highest BCUT2D eigenvalue weighted by Crippen LogP contribution is 2.23. The number of aryl methyl sites for hydroxylation is 1. The number of aromatic carboxylic acids is 1. The molecule has 4 heterocycles. The summed E-state index contributed by atoms with van der Waals surface area (Å²) >= 11 is 0. The fourth-order valence-corrected chi connectivity index (χ4v) is 5.41. The predicted octanol–water partition coefficient (Wildman–Crippen LogP) is 4.31.